The summed E-state index contributed by atoms with van der Waals surface area (Å²) in [5.74, 6) is 0.467. The zero-order valence-corrected chi connectivity index (χ0v) is 21.6. The fraction of sp³-hybridized carbons (Fsp3) is 0.565. The van der Waals surface area contributed by atoms with Crippen LogP contribution < -0.4 is 20.1 Å². The van der Waals surface area contributed by atoms with Crippen LogP contribution in [0.1, 0.15) is 43.2 Å². The van der Waals surface area contributed by atoms with Gasteiger partial charge in [0.2, 0.25) is 5.95 Å². The number of hydrogen-bond acceptors (Lipinski definition) is 7. The average Bonchev–Trinajstić information content (AvgIpc) is 2.80. The van der Waals surface area contributed by atoms with Gasteiger partial charge in [0.05, 0.1) is 23.8 Å². The van der Waals surface area contributed by atoms with Crippen LogP contribution in [0.25, 0.3) is 0 Å². The number of nitrogens with zero attached hydrogens (tertiary/aromatic N) is 3. The van der Waals surface area contributed by atoms with Crippen molar-refractivity contribution in [2.75, 3.05) is 45.1 Å². The van der Waals surface area contributed by atoms with Crippen molar-refractivity contribution in [1.82, 2.24) is 19.6 Å². The van der Waals surface area contributed by atoms with E-state index in [4.69, 9.17) is 4.74 Å². The second kappa shape index (κ2) is 13.6. The molecular formula is C23H35F3N6O2S. The summed E-state index contributed by atoms with van der Waals surface area (Å²) in [7, 11) is 6.31. The van der Waals surface area contributed by atoms with Gasteiger partial charge in [-0.1, -0.05) is 25.3 Å². The lowest BCUT2D eigenvalue weighted by Gasteiger charge is -2.25. The molecule has 1 aromatic heterocycles. The van der Waals surface area contributed by atoms with Gasteiger partial charge in [0.1, 0.15) is 17.1 Å². The Labute approximate surface area is 207 Å². The Balaban J connectivity index is 0.000000784. The summed E-state index contributed by atoms with van der Waals surface area (Å²) in [6.07, 6.45) is 2.69. The number of nitrogens with one attached hydrogen (secondary N) is 3. The topological polar surface area (TPSA) is 91.4 Å². The van der Waals surface area contributed by atoms with E-state index in [1.54, 1.807) is 20.4 Å². The molecule has 0 amide bonds. The summed E-state index contributed by atoms with van der Waals surface area (Å²) in [4.78, 5) is 10.1. The van der Waals surface area contributed by atoms with Gasteiger partial charge in [0, 0.05) is 25.0 Å². The van der Waals surface area contributed by atoms with Gasteiger partial charge in [-0.25, -0.2) is 13.9 Å². The molecule has 35 heavy (non-hydrogen) atoms. The van der Waals surface area contributed by atoms with E-state index in [0.29, 0.717) is 11.4 Å². The maximum absolute atomic E-state index is 13.5. The highest BCUT2D eigenvalue weighted by Crippen LogP contribution is 2.36. The van der Waals surface area contributed by atoms with Gasteiger partial charge < -0.3 is 20.3 Å². The van der Waals surface area contributed by atoms with Crippen molar-refractivity contribution in [2.24, 2.45) is 0 Å². The van der Waals surface area contributed by atoms with Crippen LogP contribution in [0.2, 0.25) is 0 Å². The Morgan fingerprint density at radius 2 is 1.86 bits per heavy atom. The largest absolute Gasteiger partial charge is 0.495 e. The molecule has 1 heterocycles. The molecule has 0 bridgehead atoms. The fourth-order valence-corrected chi connectivity index (χ4v) is 3.62. The van der Waals surface area contributed by atoms with Crippen LogP contribution in [0.15, 0.2) is 24.4 Å². The van der Waals surface area contributed by atoms with Gasteiger partial charge in [-0.15, -0.1) is 0 Å². The van der Waals surface area contributed by atoms with Crippen molar-refractivity contribution in [3.8, 4) is 5.75 Å². The Hall–Kier alpha value is -2.44. The average molecular weight is 517 g/mol. The van der Waals surface area contributed by atoms with Crippen molar-refractivity contribution in [3.63, 3.8) is 0 Å². The molecule has 1 fully saturated rings. The molecule has 3 rings (SSSR count). The van der Waals surface area contributed by atoms with E-state index in [0.717, 1.165) is 50.4 Å². The Bertz CT molecular complexity index is 969. The number of benzene rings is 1. The van der Waals surface area contributed by atoms with Crippen molar-refractivity contribution < 1.29 is 22.1 Å². The van der Waals surface area contributed by atoms with Gasteiger partial charge in [-0.3, -0.25) is 0 Å². The number of anilines is 3. The van der Waals surface area contributed by atoms with Crippen LogP contribution in [-0.2, 0) is 23.7 Å². The third-order valence-electron chi connectivity index (χ3n) is 5.34. The smallest absolute Gasteiger partial charge is 0.421 e. The van der Waals surface area contributed by atoms with Gasteiger partial charge in [0.15, 0.2) is 0 Å². The molecule has 1 unspecified atom stereocenters. The SMILES string of the molecule is CNS(C)=O.COc1cc(CN(C)C)ccc1Nc1ncc(C(F)(F)F)c(NC2CCCCC2)n1. The van der Waals surface area contributed by atoms with Crippen molar-refractivity contribution >= 4 is 28.4 Å². The minimum absolute atomic E-state index is 0.0116. The molecule has 2 aromatic rings. The van der Waals surface area contributed by atoms with Gasteiger partial charge in [0.25, 0.3) is 0 Å². The molecule has 1 aromatic carbocycles. The highest BCUT2D eigenvalue weighted by atomic mass is 32.2. The number of alkyl halides is 3. The zero-order chi connectivity index (χ0) is 26.0. The lowest BCUT2D eigenvalue weighted by atomic mass is 9.95. The van der Waals surface area contributed by atoms with Crippen LogP contribution in [0.5, 0.6) is 5.75 Å². The van der Waals surface area contributed by atoms with Gasteiger partial charge in [-0.05, 0) is 51.7 Å². The molecule has 196 valence electrons. The second-order valence-electron chi connectivity index (χ2n) is 8.49. The first-order valence-corrected chi connectivity index (χ1v) is 12.9. The summed E-state index contributed by atoms with van der Waals surface area (Å²) >= 11 is 0. The molecule has 8 nitrogen and oxygen atoms in total. The molecule has 1 aliphatic carbocycles. The van der Waals surface area contributed by atoms with Gasteiger partial charge >= 0.3 is 6.18 Å². The summed E-state index contributed by atoms with van der Waals surface area (Å²) < 4.78 is 58.1. The van der Waals surface area contributed by atoms with E-state index in [-0.39, 0.29) is 17.8 Å². The number of ether oxygens (including phenoxy) is 1. The molecule has 0 radical (unpaired) electrons. The first-order chi connectivity index (χ1) is 16.5. The quantitative estimate of drug-likeness (QED) is 0.474. The third-order valence-corrected chi connectivity index (χ3v) is 5.91. The summed E-state index contributed by atoms with van der Waals surface area (Å²) in [6.45, 7) is 0.739. The molecule has 3 N–H and O–H groups in total. The first kappa shape index (κ1) is 28.8. The number of methoxy groups -OCH3 is 1. The summed E-state index contributed by atoms with van der Waals surface area (Å²) in [5.41, 5.74) is 0.783. The van der Waals surface area contributed by atoms with Gasteiger partial charge in [-0.2, -0.15) is 18.2 Å². The number of aromatic nitrogens is 2. The molecular weight excluding hydrogens is 481 g/mol. The third kappa shape index (κ3) is 9.61. The second-order valence-corrected chi connectivity index (χ2v) is 9.81. The molecule has 1 aliphatic rings. The predicted molar refractivity (Wildman–Crippen MR) is 134 cm³/mol. The van der Waals surface area contributed by atoms with Crippen LogP contribution in [-0.4, -0.2) is 59.6 Å². The minimum atomic E-state index is -4.53. The highest BCUT2D eigenvalue weighted by Gasteiger charge is 2.36. The number of rotatable bonds is 8. The molecule has 0 spiro atoms. The molecule has 12 heteroatoms. The Kier molecular flexibility index (Phi) is 11.2. The predicted octanol–water partition coefficient (Wildman–Crippen LogP) is 4.55. The lowest BCUT2D eigenvalue weighted by molar-refractivity contribution is -0.137. The van der Waals surface area contributed by atoms with E-state index < -0.39 is 22.7 Å². The van der Waals surface area contributed by atoms with Crippen LogP contribution in [0.3, 0.4) is 0 Å². The van der Waals surface area contributed by atoms with E-state index in [1.165, 1.54) is 0 Å². The van der Waals surface area contributed by atoms with Crippen LogP contribution >= 0.6 is 0 Å². The van der Waals surface area contributed by atoms with Crippen LogP contribution in [0, 0.1) is 0 Å². The number of hydrogen-bond donors (Lipinski definition) is 3. The van der Waals surface area contributed by atoms with Crippen LogP contribution in [0.4, 0.5) is 30.6 Å². The summed E-state index contributed by atoms with van der Waals surface area (Å²) in [6, 6.07) is 5.61. The monoisotopic (exact) mass is 516 g/mol. The van der Waals surface area contributed by atoms with Crippen molar-refractivity contribution in [3.05, 3.63) is 35.5 Å². The van der Waals surface area contributed by atoms with Crippen molar-refractivity contribution in [2.45, 2.75) is 50.9 Å². The fourth-order valence-electron chi connectivity index (χ4n) is 3.62. The Morgan fingerprint density at radius 3 is 2.40 bits per heavy atom. The molecule has 1 saturated carbocycles. The molecule has 1 atom stereocenters. The van der Waals surface area contributed by atoms with E-state index in [9.17, 15) is 17.4 Å². The zero-order valence-electron chi connectivity index (χ0n) is 20.8. The number of halogens is 3. The summed E-state index contributed by atoms with van der Waals surface area (Å²) in [5, 5.41) is 5.99. The first-order valence-electron chi connectivity index (χ1n) is 11.3. The highest BCUT2D eigenvalue weighted by molar-refractivity contribution is 7.82. The maximum atomic E-state index is 13.5. The normalized spacial score (nSPS) is 15.2. The standard InChI is InChI=1S/C21H28F3N5O.C2H7NOS/c1-29(2)13-14-9-10-17(18(11-14)30-3)27-20-25-12-16(21(22,23)24)19(28-20)26-15-7-5-4-6-8-15;1-3-5(2)4/h9-12,15H,4-8,13H2,1-3H3,(H2,25,26,27,28);3H,1-2H3. The van der Waals surface area contributed by atoms with Crippen molar-refractivity contribution in [1.29, 1.82) is 0 Å². The van der Waals surface area contributed by atoms with E-state index in [1.807, 2.05) is 37.2 Å². The Morgan fingerprint density at radius 1 is 1.20 bits per heavy atom. The van der Waals surface area contributed by atoms with E-state index >= 15 is 0 Å². The van der Waals surface area contributed by atoms with E-state index in [2.05, 4.69) is 25.3 Å². The molecule has 0 saturated heterocycles. The maximum Gasteiger partial charge on any atom is 0.421 e. The molecule has 0 aliphatic heterocycles. The lowest BCUT2D eigenvalue weighted by Crippen LogP contribution is -2.25. The minimum Gasteiger partial charge on any atom is -0.495 e.